The van der Waals surface area contributed by atoms with Crippen molar-refractivity contribution in [2.45, 2.75) is 15.6 Å². The van der Waals surface area contributed by atoms with Gasteiger partial charge in [-0.05, 0) is 29.8 Å². The summed E-state index contributed by atoms with van der Waals surface area (Å²) in [6.45, 7) is 0. The minimum Gasteiger partial charge on any atom is -0.468 e. The Labute approximate surface area is 172 Å². The van der Waals surface area contributed by atoms with E-state index in [0.29, 0.717) is 5.02 Å². The average molecular weight is 434 g/mol. The van der Waals surface area contributed by atoms with Gasteiger partial charge in [0.15, 0.2) is 14.6 Å². The first-order valence-electron chi connectivity index (χ1n) is 8.39. The van der Waals surface area contributed by atoms with Gasteiger partial charge >= 0.3 is 11.9 Å². The molecule has 2 atom stereocenters. The first kappa shape index (κ1) is 20.8. The maximum absolute atomic E-state index is 13.6. The van der Waals surface area contributed by atoms with Crippen molar-refractivity contribution in [1.29, 1.82) is 5.26 Å². The van der Waals surface area contributed by atoms with Gasteiger partial charge in [0.2, 0.25) is 5.41 Å². The Bertz CT molecular complexity index is 1090. The number of esters is 2. The summed E-state index contributed by atoms with van der Waals surface area (Å²) in [5.74, 6) is -3.67. The van der Waals surface area contributed by atoms with Crippen LogP contribution in [0.4, 0.5) is 0 Å². The zero-order valence-electron chi connectivity index (χ0n) is 15.5. The van der Waals surface area contributed by atoms with E-state index in [1.165, 1.54) is 48.5 Å². The van der Waals surface area contributed by atoms with E-state index in [1.807, 2.05) is 0 Å². The van der Waals surface area contributed by atoms with E-state index in [1.54, 1.807) is 12.1 Å². The molecule has 150 valence electrons. The number of hydrogen-bond acceptors (Lipinski definition) is 7. The Balaban J connectivity index is 2.38. The lowest BCUT2D eigenvalue weighted by Gasteiger charge is -2.17. The van der Waals surface area contributed by atoms with Crippen molar-refractivity contribution >= 4 is 33.4 Å². The standard InChI is InChI=1S/C20H16ClNO6S/c1-27-17(23)20(18(24)28-2)16(13-8-10-14(21)11-9-13)19(20,12-22)29(25,26)15-6-4-3-5-7-15/h3-11,16H,1-2H3/t16-,19-/m0/s1. The number of rotatable bonds is 5. The van der Waals surface area contributed by atoms with Gasteiger partial charge < -0.3 is 9.47 Å². The van der Waals surface area contributed by atoms with Gasteiger partial charge in [-0.2, -0.15) is 5.26 Å². The minimum absolute atomic E-state index is 0.199. The largest absolute Gasteiger partial charge is 0.468 e. The number of carbonyl (C=O) groups excluding carboxylic acids is 2. The normalized spacial score (nSPS) is 22.2. The smallest absolute Gasteiger partial charge is 0.326 e. The van der Waals surface area contributed by atoms with Gasteiger partial charge in [-0.15, -0.1) is 0 Å². The summed E-state index contributed by atoms with van der Waals surface area (Å²) >= 11 is 5.91. The molecule has 29 heavy (non-hydrogen) atoms. The van der Waals surface area contributed by atoms with Crippen molar-refractivity contribution in [3.8, 4) is 6.07 Å². The Kier molecular flexibility index (Phi) is 5.15. The number of ether oxygens (including phenoxy) is 2. The van der Waals surface area contributed by atoms with Gasteiger partial charge in [0.05, 0.1) is 25.2 Å². The summed E-state index contributed by atoms with van der Waals surface area (Å²) in [4.78, 5) is 25.5. The second-order valence-corrected chi connectivity index (χ2v) is 9.00. The zero-order valence-corrected chi connectivity index (χ0v) is 17.0. The lowest BCUT2D eigenvalue weighted by Crippen LogP contribution is -2.40. The van der Waals surface area contributed by atoms with Crippen LogP contribution in [0.25, 0.3) is 0 Å². The molecule has 1 saturated carbocycles. The Morgan fingerprint density at radius 2 is 1.52 bits per heavy atom. The van der Waals surface area contributed by atoms with Crippen LogP contribution in [0.2, 0.25) is 5.02 Å². The fourth-order valence-electron chi connectivity index (χ4n) is 3.90. The van der Waals surface area contributed by atoms with Gasteiger partial charge in [-0.3, -0.25) is 9.59 Å². The van der Waals surface area contributed by atoms with E-state index in [-0.39, 0.29) is 10.5 Å². The molecule has 9 heteroatoms. The molecular formula is C20H16ClNO6S. The molecule has 0 aromatic heterocycles. The zero-order chi connectivity index (χ0) is 21.4. The maximum Gasteiger partial charge on any atom is 0.326 e. The van der Waals surface area contributed by atoms with E-state index in [2.05, 4.69) is 0 Å². The quantitative estimate of drug-likeness (QED) is 0.526. The number of nitrogens with zero attached hydrogens (tertiary/aromatic N) is 1. The molecule has 3 rings (SSSR count). The maximum atomic E-state index is 13.6. The van der Waals surface area contributed by atoms with Crippen molar-refractivity contribution in [2.75, 3.05) is 14.2 Å². The fourth-order valence-corrected chi connectivity index (χ4v) is 6.30. The number of methoxy groups -OCH3 is 2. The molecule has 0 bridgehead atoms. The lowest BCUT2D eigenvalue weighted by atomic mass is 9.99. The van der Waals surface area contributed by atoms with Crippen molar-refractivity contribution in [3.63, 3.8) is 0 Å². The van der Waals surface area contributed by atoms with E-state index in [9.17, 15) is 23.3 Å². The molecule has 0 spiro atoms. The molecule has 0 N–H and O–H groups in total. The minimum atomic E-state index is -4.50. The van der Waals surface area contributed by atoms with Crippen LogP contribution in [0.3, 0.4) is 0 Å². The second kappa shape index (κ2) is 7.17. The molecular weight excluding hydrogens is 418 g/mol. The highest BCUT2D eigenvalue weighted by molar-refractivity contribution is 7.93. The monoisotopic (exact) mass is 433 g/mol. The van der Waals surface area contributed by atoms with E-state index in [4.69, 9.17) is 21.1 Å². The van der Waals surface area contributed by atoms with E-state index >= 15 is 0 Å². The first-order chi connectivity index (χ1) is 13.7. The topological polar surface area (TPSA) is 111 Å². The molecule has 2 aromatic rings. The highest BCUT2D eigenvalue weighted by Crippen LogP contribution is 2.73. The molecule has 1 aliphatic carbocycles. The second-order valence-electron chi connectivity index (χ2n) is 6.44. The van der Waals surface area contributed by atoms with Gasteiger partial charge in [-0.25, -0.2) is 8.42 Å². The number of carbonyl (C=O) groups is 2. The van der Waals surface area contributed by atoms with Crippen molar-refractivity contribution < 1.29 is 27.5 Å². The van der Waals surface area contributed by atoms with Crippen LogP contribution in [-0.2, 0) is 28.9 Å². The molecule has 0 unspecified atom stereocenters. The number of benzene rings is 2. The highest BCUT2D eigenvalue weighted by atomic mass is 35.5. The van der Waals surface area contributed by atoms with Crippen LogP contribution in [0.5, 0.6) is 0 Å². The van der Waals surface area contributed by atoms with Crippen LogP contribution < -0.4 is 0 Å². The van der Waals surface area contributed by atoms with Gasteiger partial charge in [0.25, 0.3) is 0 Å². The van der Waals surface area contributed by atoms with Crippen LogP contribution in [0.15, 0.2) is 59.5 Å². The van der Waals surface area contributed by atoms with Crippen molar-refractivity contribution in [3.05, 3.63) is 65.2 Å². The summed E-state index contributed by atoms with van der Waals surface area (Å²) in [5.41, 5.74) is -2.11. The molecule has 0 aliphatic heterocycles. The number of hydrogen-bond donors (Lipinski definition) is 0. The van der Waals surface area contributed by atoms with E-state index < -0.39 is 37.9 Å². The third-order valence-corrected chi connectivity index (χ3v) is 7.85. The van der Waals surface area contributed by atoms with Gasteiger partial charge in [-0.1, -0.05) is 41.9 Å². The Hall–Kier alpha value is -2.89. The Morgan fingerprint density at radius 3 is 1.97 bits per heavy atom. The molecule has 0 heterocycles. The molecule has 0 radical (unpaired) electrons. The van der Waals surface area contributed by atoms with Crippen LogP contribution in [-0.4, -0.2) is 39.3 Å². The van der Waals surface area contributed by atoms with Crippen LogP contribution in [0.1, 0.15) is 11.5 Å². The molecule has 2 aromatic carbocycles. The predicted molar refractivity (Wildman–Crippen MR) is 103 cm³/mol. The summed E-state index contributed by atoms with van der Waals surface area (Å²) in [6.07, 6.45) is 0. The summed E-state index contributed by atoms with van der Waals surface area (Å²) < 4.78 is 34.3. The molecule has 0 amide bonds. The third-order valence-electron chi connectivity index (χ3n) is 5.20. The lowest BCUT2D eigenvalue weighted by molar-refractivity contribution is -0.161. The number of nitriles is 1. The van der Waals surface area contributed by atoms with E-state index in [0.717, 1.165) is 14.2 Å². The highest BCUT2D eigenvalue weighted by Gasteiger charge is 2.93. The Morgan fingerprint density at radius 1 is 1.00 bits per heavy atom. The van der Waals surface area contributed by atoms with Crippen LogP contribution in [0, 0.1) is 16.7 Å². The van der Waals surface area contributed by atoms with Crippen molar-refractivity contribution in [1.82, 2.24) is 0 Å². The molecule has 7 nitrogen and oxygen atoms in total. The molecule has 1 aliphatic rings. The predicted octanol–water partition coefficient (Wildman–Crippen LogP) is 2.51. The molecule has 1 fully saturated rings. The summed E-state index contributed by atoms with van der Waals surface area (Å²) in [7, 11) is -2.47. The summed E-state index contributed by atoms with van der Waals surface area (Å²) in [6, 6.07) is 14.8. The SMILES string of the molecule is COC(=O)C1(C(=O)OC)[C@@H](c2ccc(Cl)cc2)[C@]1(C#N)S(=O)(=O)c1ccccc1. The molecule has 0 saturated heterocycles. The fraction of sp³-hybridized carbons (Fsp3) is 0.250. The van der Waals surface area contributed by atoms with Crippen LogP contribution >= 0.6 is 11.6 Å². The first-order valence-corrected chi connectivity index (χ1v) is 10.2. The average Bonchev–Trinajstić information content (AvgIpc) is 3.40. The van der Waals surface area contributed by atoms with Crippen molar-refractivity contribution in [2.24, 2.45) is 5.41 Å². The third kappa shape index (κ3) is 2.58. The number of halogens is 1. The van der Waals surface area contributed by atoms with Gasteiger partial charge in [0, 0.05) is 10.9 Å². The van der Waals surface area contributed by atoms with Gasteiger partial charge in [0.1, 0.15) is 0 Å². The number of sulfone groups is 1. The summed E-state index contributed by atoms with van der Waals surface area (Å²) in [5, 5.41) is 10.5.